The van der Waals surface area contributed by atoms with Crippen molar-refractivity contribution >= 4 is 17.8 Å². The molecule has 2 aromatic carbocycles. The molecule has 4 amide bonds. The predicted octanol–water partition coefficient (Wildman–Crippen LogP) is 2.08. The number of aryl methyl sites for hydroxylation is 1. The zero-order chi connectivity index (χ0) is 23.2. The molecular weight excluding hydrogens is 429 g/mol. The fourth-order valence-electron chi connectivity index (χ4n) is 4.32. The van der Waals surface area contributed by atoms with Crippen LogP contribution in [0.15, 0.2) is 54.9 Å². The van der Waals surface area contributed by atoms with Crippen molar-refractivity contribution in [3.05, 3.63) is 71.5 Å². The van der Waals surface area contributed by atoms with Gasteiger partial charge in [0.2, 0.25) is 6.86 Å². The molecule has 1 saturated heterocycles. The number of nitrogens with zero attached hydrogens (tertiary/aromatic N) is 3. The molecule has 0 radical (unpaired) electrons. The van der Waals surface area contributed by atoms with Gasteiger partial charge in [-0.15, -0.1) is 0 Å². The van der Waals surface area contributed by atoms with Crippen LogP contribution in [0.3, 0.4) is 0 Å². The van der Waals surface area contributed by atoms with Crippen LogP contribution < -0.4 is 15.4 Å². The van der Waals surface area contributed by atoms with E-state index in [1.54, 1.807) is 35.1 Å². The van der Waals surface area contributed by atoms with Crippen LogP contribution in [0.1, 0.15) is 21.5 Å². The molecule has 33 heavy (non-hydrogen) atoms. The third-order valence-electron chi connectivity index (χ3n) is 5.97. The van der Waals surface area contributed by atoms with E-state index < -0.39 is 24.3 Å². The number of rotatable bonds is 6. The lowest BCUT2D eigenvalue weighted by molar-refractivity contribution is -0.124. The highest BCUT2D eigenvalue weighted by atomic mass is 19.1. The van der Waals surface area contributed by atoms with Gasteiger partial charge in [0, 0.05) is 30.9 Å². The van der Waals surface area contributed by atoms with Crippen molar-refractivity contribution in [3.63, 3.8) is 0 Å². The van der Waals surface area contributed by atoms with Gasteiger partial charge in [-0.1, -0.05) is 30.3 Å². The summed E-state index contributed by atoms with van der Waals surface area (Å²) in [6, 6.07) is 11.3. The number of urea groups is 1. The zero-order valence-corrected chi connectivity index (χ0v) is 17.7. The molecule has 2 N–H and O–H groups in total. The fourth-order valence-corrected chi connectivity index (χ4v) is 4.32. The SMILES string of the molecule is Cn1cc(-c2ccc([C@]3(CN4Cc5ccc(OCF)cc5C4=O)NC(=O)NC3=O)cc2)cn1. The monoisotopic (exact) mass is 449 g/mol. The van der Waals surface area contributed by atoms with Crippen molar-refractivity contribution < 1.29 is 23.5 Å². The highest BCUT2D eigenvalue weighted by Gasteiger charge is 2.50. The van der Waals surface area contributed by atoms with Gasteiger partial charge in [0.15, 0.2) is 5.54 Å². The summed E-state index contributed by atoms with van der Waals surface area (Å²) < 4.78 is 19.1. The minimum absolute atomic E-state index is 0.0658. The van der Waals surface area contributed by atoms with Crippen LogP contribution in [0, 0.1) is 0 Å². The quantitative estimate of drug-likeness (QED) is 0.561. The number of carbonyl (C=O) groups is 3. The van der Waals surface area contributed by atoms with Gasteiger partial charge in [-0.2, -0.15) is 5.10 Å². The van der Waals surface area contributed by atoms with Crippen LogP contribution in [0.5, 0.6) is 5.75 Å². The molecule has 10 heteroatoms. The number of benzene rings is 2. The smallest absolute Gasteiger partial charge is 0.322 e. The normalized spacial score (nSPS) is 19.5. The minimum Gasteiger partial charge on any atom is -0.463 e. The summed E-state index contributed by atoms with van der Waals surface area (Å²) in [5, 5.41) is 9.17. The summed E-state index contributed by atoms with van der Waals surface area (Å²) in [5.41, 5.74) is 2.03. The lowest BCUT2D eigenvalue weighted by Crippen LogP contribution is -2.52. The molecule has 3 heterocycles. The van der Waals surface area contributed by atoms with E-state index >= 15 is 0 Å². The second kappa shape index (κ2) is 7.73. The average Bonchev–Trinajstić information content (AvgIpc) is 3.45. The lowest BCUT2D eigenvalue weighted by atomic mass is 9.88. The number of nitrogens with one attached hydrogen (secondary N) is 2. The van der Waals surface area contributed by atoms with E-state index in [1.165, 1.54) is 11.0 Å². The molecule has 0 aliphatic carbocycles. The Labute approximate surface area is 188 Å². The number of halogens is 1. The van der Waals surface area contributed by atoms with Crippen LogP contribution in [0.4, 0.5) is 9.18 Å². The Morgan fingerprint density at radius 3 is 2.55 bits per heavy atom. The number of aromatic nitrogens is 2. The third-order valence-corrected chi connectivity index (χ3v) is 5.97. The molecule has 2 aliphatic heterocycles. The minimum atomic E-state index is -1.44. The Morgan fingerprint density at radius 2 is 1.91 bits per heavy atom. The van der Waals surface area contributed by atoms with Crippen molar-refractivity contribution in [2.24, 2.45) is 7.05 Å². The second-order valence-corrected chi connectivity index (χ2v) is 8.03. The first kappa shape index (κ1) is 20.7. The summed E-state index contributed by atoms with van der Waals surface area (Å²) in [6.45, 7) is -0.812. The summed E-state index contributed by atoms with van der Waals surface area (Å²) in [5.74, 6) is -0.611. The third kappa shape index (κ3) is 3.49. The van der Waals surface area contributed by atoms with Crippen molar-refractivity contribution in [2.75, 3.05) is 13.4 Å². The van der Waals surface area contributed by atoms with E-state index in [0.717, 1.165) is 16.7 Å². The highest BCUT2D eigenvalue weighted by Crippen LogP contribution is 2.33. The van der Waals surface area contributed by atoms with Gasteiger partial charge in [0.1, 0.15) is 5.75 Å². The van der Waals surface area contributed by atoms with Gasteiger partial charge in [-0.3, -0.25) is 19.6 Å². The second-order valence-electron chi connectivity index (χ2n) is 8.03. The van der Waals surface area contributed by atoms with Crippen molar-refractivity contribution in [3.8, 4) is 16.9 Å². The number of ether oxygens (including phenoxy) is 1. The Bertz CT molecular complexity index is 1270. The Morgan fingerprint density at radius 1 is 1.12 bits per heavy atom. The standard InChI is InChI=1S/C23H20FN5O4/c1-28-10-16(9-25-28)14-2-5-17(6-3-14)23(21(31)26-22(32)27-23)12-29-11-15-4-7-18(33-13-24)8-19(15)20(29)30/h2-10H,11-13H2,1H3,(H2,26,27,31,32)/t23-/m0/s1. The summed E-state index contributed by atoms with van der Waals surface area (Å²) in [6.07, 6.45) is 3.60. The van der Waals surface area contributed by atoms with Gasteiger partial charge >= 0.3 is 6.03 Å². The van der Waals surface area contributed by atoms with E-state index in [4.69, 9.17) is 4.74 Å². The number of fused-ring (bicyclic) bond motifs is 1. The predicted molar refractivity (Wildman–Crippen MR) is 115 cm³/mol. The number of hydrogen-bond acceptors (Lipinski definition) is 5. The van der Waals surface area contributed by atoms with E-state index in [1.807, 2.05) is 25.4 Å². The molecule has 0 spiro atoms. The van der Waals surface area contributed by atoms with Gasteiger partial charge < -0.3 is 15.0 Å². The van der Waals surface area contributed by atoms with Crippen LogP contribution in [-0.4, -0.2) is 45.9 Å². The maximum Gasteiger partial charge on any atom is 0.322 e. The van der Waals surface area contributed by atoms with Gasteiger partial charge in [-0.25, -0.2) is 9.18 Å². The van der Waals surface area contributed by atoms with Crippen molar-refractivity contribution in [1.82, 2.24) is 25.3 Å². The number of hydrogen-bond donors (Lipinski definition) is 2. The molecule has 9 nitrogen and oxygen atoms in total. The number of alkyl halides is 1. The van der Waals surface area contributed by atoms with Crippen LogP contribution in [0.25, 0.3) is 11.1 Å². The Hall–Kier alpha value is -4.21. The zero-order valence-electron chi connectivity index (χ0n) is 17.7. The Balaban J connectivity index is 1.46. The van der Waals surface area contributed by atoms with E-state index in [-0.39, 0.29) is 24.7 Å². The molecule has 1 atom stereocenters. The molecule has 1 aromatic heterocycles. The van der Waals surface area contributed by atoms with E-state index in [2.05, 4.69) is 15.7 Å². The van der Waals surface area contributed by atoms with Gasteiger partial charge in [0.05, 0.1) is 12.7 Å². The summed E-state index contributed by atoms with van der Waals surface area (Å²) in [4.78, 5) is 39.6. The van der Waals surface area contributed by atoms with Crippen LogP contribution >= 0.6 is 0 Å². The van der Waals surface area contributed by atoms with Crippen molar-refractivity contribution in [2.45, 2.75) is 12.1 Å². The van der Waals surface area contributed by atoms with Crippen molar-refractivity contribution in [1.29, 1.82) is 0 Å². The van der Waals surface area contributed by atoms with Gasteiger partial charge in [0.25, 0.3) is 11.8 Å². The first-order valence-corrected chi connectivity index (χ1v) is 10.2. The molecule has 0 saturated carbocycles. The maximum atomic E-state index is 13.1. The van der Waals surface area contributed by atoms with Gasteiger partial charge in [-0.05, 0) is 28.8 Å². The highest BCUT2D eigenvalue weighted by molar-refractivity contribution is 6.08. The average molecular weight is 449 g/mol. The first-order chi connectivity index (χ1) is 15.9. The molecule has 2 aliphatic rings. The maximum absolute atomic E-state index is 13.1. The molecule has 168 valence electrons. The summed E-state index contributed by atoms with van der Waals surface area (Å²) >= 11 is 0. The molecule has 5 rings (SSSR count). The lowest BCUT2D eigenvalue weighted by Gasteiger charge is -2.31. The first-order valence-electron chi connectivity index (χ1n) is 10.2. The summed E-state index contributed by atoms with van der Waals surface area (Å²) in [7, 11) is 1.82. The fraction of sp³-hybridized carbons (Fsp3) is 0.217. The molecular formula is C23H20FN5O4. The van der Waals surface area contributed by atoms with E-state index in [9.17, 15) is 18.8 Å². The molecule has 0 bridgehead atoms. The van der Waals surface area contributed by atoms with Crippen LogP contribution in [-0.2, 0) is 23.9 Å². The molecule has 1 fully saturated rings. The van der Waals surface area contributed by atoms with E-state index in [0.29, 0.717) is 11.1 Å². The largest absolute Gasteiger partial charge is 0.463 e. The number of carbonyl (C=O) groups excluding carboxylic acids is 3. The molecule has 3 aromatic rings. The van der Waals surface area contributed by atoms with Crippen LogP contribution in [0.2, 0.25) is 0 Å². The number of amides is 4. The topological polar surface area (TPSA) is 106 Å². The number of imide groups is 1. The molecule has 0 unspecified atom stereocenters. The Kier molecular flexibility index (Phi) is 4.85.